The van der Waals surface area contributed by atoms with E-state index >= 15 is 0 Å². The maximum atomic E-state index is 5.63. The van der Waals surface area contributed by atoms with E-state index in [1.807, 2.05) is 21.1 Å². The lowest BCUT2D eigenvalue weighted by molar-refractivity contribution is 1.42. The molecule has 4 heteroatoms. The lowest BCUT2D eigenvalue weighted by Crippen LogP contribution is -1.87. The predicted molar refractivity (Wildman–Crippen MR) is 50.1 cm³/mol. The van der Waals surface area contributed by atoms with Gasteiger partial charge in [-0.25, -0.2) is 0 Å². The van der Waals surface area contributed by atoms with E-state index in [2.05, 4.69) is 27.8 Å². The van der Waals surface area contributed by atoms with Crippen molar-refractivity contribution in [2.24, 2.45) is 0 Å². The Morgan fingerprint density at radius 3 is 3.10 bits per heavy atom. The summed E-state index contributed by atoms with van der Waals surface area (Å²) in [5.41, 5.74) is 7.86. The first kappa shape index (κ1) is 6.09. The van der Waals surface area contributed by atoms with Crippen LogP contribution in [0.25, 0.3) is 11.0 Å². The van der Waals surface area contributed by atoms with Crippen molar-refractivity contribution in [3.63, 3.8) is 0 Å². The van der Waals surface area contributed by atoms with Crippen molar-refractivity contribution in [1.82, 2.24) is 7.76 Å². The molecule has 10 heavy (non-hydrogen) atoms. The van der Waals surface area contributed by atoms with Gasteiger partial charge in [-0.05, 0) is 6.07 Å². The number of nitrogen functional groups attached to an aromatic ring is 1. The van der Waals surface area contributed by atoms with Crippen molar-refractivity contribution in [3.8, 4) is 0 Å². The van der Waals surface area contributed by atoms with E-state index in [1.165, 1.54) is 0 Å². The summed E-state index contributed by atoms with van der Waals surface area (Å²) in [4.78, 5) is 3.08. The third-order valence-electron chi connectivity index (χ3n) is 1.49. The Bertz CT molecular complexity index is 360. The van der Waals surface area contributed by atoms with Gasteiger partial charge in [0, 0.05) is 12.3 Å². The molecule has 2 heterocycles. The van der Waals surface area contributed by atoms with Crippen LogP contribution in [0.15, 0.2) is 18.3 Å². The minimum atomic E-state index is 0.780. The molecular weight excluding hydrogens is 241 g/mol. The van der Waals surface area contributed by atoms with Gasteiger partial charge < -0.3 is 10.7 Å². The first-order chi connectivity index (χ1) is 4.79. The van der Waals surface area contributed by atoms with Crippen molar-refractivity contribution >= 4 is 39.7 Å². The van der Waals surface area contributed by atoms with Crippen LogP contribution < -0.4 is 5.73 Å². The van der Waals surface area contributed by atoms with Crippen LogP contribution in [-0.4, -0.2) is 7.76 Å². The molecule has 52 valence electrons. The maximum absolute atomic E-state index is 5.63. The molecular formula is C6H6IN3. The number of anilines is 1. The molecule has 0 bridgehead atoms. The van der Waals surface area contributed by atoms with E-state index in [-0.39, 0.29) is 0 Å². The molecule has 0 unspecified atom stereocenters. The van der Waals surface area contributed by atoms with Gasteiger partial charge in [0.05, 0.1) is 33.9 Å². The highest BCUT2D eigenvalue weighted by Gasteiger charge is 2.02. The predicted octanol–water partition coefficient (Wildman–Crippen LogP) is 1.75. The smallest absolute Gasteiger partial charge is 0.114 e. The van der Waals surface area contributed by atoms with Gasteiger partial charge in [-0.1, -0.05) is 0 Å². The van der Waals surface area contributed by atoms with Crippen molar-refractivity contribution in [1.29, 1.82) is 0 Å². The highest BCUT2D eigenvalue weighted by atomic mass is 127. The van der Waals surface area contributed by atoms with Crippen LogP contribution in [0, 0.1) is 0 Å². The minimum absolute atomic E-state index is 0.780. The summed E-state index contributed by atoms with van der Waals surface area (Å²) in [6.45, 7) is 0. The van der Waals surface area contributed by atoms with Gasteiger partial charge in [0.25, 0.3) is 0 Å². The number of nitrogens with one attached hydrogen (secondary N) is 1. The largest absolute Gasteiger partial charge is 0.384 e. The van der Waals surface area contributed by atoms with Crippen molar-refractivity contribution in [2.75, 3.05) is 5.73 Å². The molecule has 3 N–H and O–H groups in total. The molecule has 0 aliphatic rings. The fourth-order valence-corrected chi connectivity index (χ4v) is 1.56. The zero-order chi connectivity index (χ0) is 7.14. The molecule has 0 atom stereocenters. The van der Waals surface area contributed by atoms with Crippen molar-refractivity contribution in [2.45, 2.75) is 0 Å². The summed E-state index contributed by atoms with van der Waals surface area (Å²) in [5, 5.41) is 0. The standard InChI is InChI=1S/C6H6IN3/c7-10-5-1-2-9-4(5)3-6(10)8/h1-3,9H,8H2. The Kier molecular flexibility index (Phi) is 1.17. The number of hydrogen-bond acceptors (Lipinski definition) is 1. The summed E-state index contributed by atoms with van der Waals surface area (Å²) in [5.74, 6) is 0.780. The van der Waals surface area contributed by atoms with E-state index in [9.17, 15) is 0 Å². The fourth-order valence-electron chi connectivity index (χ4n) is 1.00. The van der Waals surface area contributed by atoms with Crippen LogP contribution in [0.2, 0.25) is 0 Å². The first-order valence-electron chi connectivity index (χ1n) is 2.89. The number of H-pyrrole nitrogens is 1. The molecule has 0 saturated carbocycles. The molecule has 0 aliphatic carbocycles. The second-order valence-electron chi connectivity index (χ2n) is 2.13. The monoisotopic (exact) mass is 247 g/mol. The van der Waals surface area contributed by atoms with Crippen molar-refractivity contribution < 1.29 is 0 Å². The Balaban J connectivity index is 2.95. The molecule has 2 aromatic heterocycles. The zero-order valence-corrected chi connectivity index (χ0v) is 7.29. The van der Waals surface area contributed by atoms with E-state index in [1.54, 1.807) is 0 Å². The summed E-state index contributed by atoms with van der Waals surface area (Å²) >= 11 is 2.17. The molecule has 0 aliphatic heterocycles. The van der Waals surface area contributed by atoms with Gasteiger partial charge in [0.1, 0.15) is 5.82 Å². The molecule has 2 aromatic rings. The number of hydrogen-bond donors (Lipinski definition) is 2. The van der Waals surface area contributed by atoms with Crippen LogP contribution in [-0.2, 0) is 0 Å². The molecule has 0 radical (unpaired) electrons. The van der Waals surface area contributed by atoms with Gasteiger partial charge in [0.15, 0.2) is 0 Å². The Morgan fingerprint density at radius 2 is 2.40 bits per heavy atom. The Morgan fingerprint density at radius 1 is 1.60 bits per heavy atom. The molecule has 0 spiro atoms. The highest BCUT2D eigenvalue weighted by Crippen LogP contribution is 2.22. The van der Waals surface area contributed by atoms with Crippen LogP contribution in [0.4, 0.5) is 5.82 Å². The average molecular weight is 247 g/mol. The first-order valence-corrected chi connectivity index (χ1v) is 3.86. The molecule has 0 saturated heterocycles. The van der Waals surface area contributed by atoms with Gasteiger partial charge >= 0.3 is 0 Å². The topological polar surface area (TPSA) is 46.7 Å². The van der Waals surface area contributed by atoms with E-state index in [0.717, 1.165) is 16.9 Å². The van der Waals surface area contributed by atoms with Crippen LogP contribution in [0.3, 0.4) is 0 Å². The number of nitrogens with two attached hydrogens (primary N) is 1. The van der Waals surface area contributed by atoms with E-state index in [0.29, 0.717) is 0 Å². The Labute approximate surface area is 71.7 Å². The van der Waals surface area contributed by atoms with E-state index in [4.69, 9.17) is 5.73 Å². The molecule has 2 rings (SSSR count). The SMILES string of the molecule is Nc1cc2[nH]ccc2n1I. The summed E-state index contributed by atoms with van der Waals surface area (Å²) in [6, 6.07) is 3.92. The average Bonchev–Trinajstić information content (AvgIpc) is 2.41. The molecule has 0 amide bonds. The quantitative estimate of drug-likeness (QED) is 0.684. The van der Waals surface area contributed by atoms with E-state index < -0.39 is 0 Å². The number of fused-ring (bicyclic) bond motifs is 1. The number of halogens is 1. The van der Waals surface area contributed by atoms with Crippen molar-refractivity contribution in [3.05, 3.63) is 18.3 Å². The molecule has 0 aromatic carbocycles. The summed E-state index contributed by atoms with van der Waals surface area (Å²) in [6.07, 6.45) is 1.90. The van der Waals surface area contributed by atoms with Crippen LogP contribution >= 0.6 is 22.9 Å². The van der Waals surface area contributed by atoms with Gasteiger partial charge in [-0.3, -0.25) is 2.78 Å². The number of aromatic amines is 1. The van der Waals surface area contributed by atoms with Crippen LogP contribution in [0.1, 0.15) is 0 Å². The second-order valence-corrected chi connectivity index (χ2v) is 3.09. The number of rotatable bonds is 0. The summed E-state index contributed by atoms with van der Waals surface area (Å²) in [7, 11) is 0. The lowest BCUT2D eigenvalue weighted by atomic mass is 10.5. The minimum Gasteiger partial charge on any atom is -0.384 e. The number of aromatic nitrogens is 2. The number of nitrogens with zero attached hydrogens (tertiary/aromatic N) is 1. The van der Waals surface area contributed by atoms with Gasteiger partial charge in [-0.15, -0.1) is 0 Å². The van der Waals surface area contributed by atoms with Crippen LogP contribution in [0.5, 0.6) is 0 Å². The maximum Gasteiger partial charge on any atom is 0.114 e. The Hall–Kier alpha value is -0.650. The molecule has 3 nitrogen and oxygen atoms in total. The fraction of sp³-hybridized carbons (Fsp3) is 0. The lowest BCUT2D eigenvalue weighted by Gasteiger charge is -1.90. The van der Waals surface area contributed by atoms with Gasteiger partial charge in [0.2, 0.25) is 0 Å². The van der Waals surface area contributed by atoms with Gasteiger partial charge in [-0.2, -0.15) is 0 Å². The third kappa shape index (κ3) is 0.650. The second kappa shape index (κ2) is 1.91. The molecule has 0 fully saturated rings. The third-order valence-corrected chi connectivity index (χ3v) is 2.56. The highest BCUT2D eigenvalue weighted by molar-refractivity contribution is 14.1. The summed E-state index contributed by atoms with van der Waals surface area (Å²) < 4.78 is 1.92. The zero-order valence-electron chi connectivity index (χ0n) is 5.13. The normalized spacial score (nSPS) is 10.9.